The first-order chi connectivity index (χ1) is 25.3. The lowest BCUT2D eigenvalue weighted by atomic mass is 10.0. The Hall–Kier alpha value is -6.63. The second-order valence-corrected chi connectivity index (χ2v) is 13.9. The molecule has 0 atom stereocenters. The molecule has 0 aliphatic rings. The number of rotatable bonds is 4. The topological polar surface area (TPSA) is 56.7 Å². The molecule has 6 heteroatoms. The first kappa shape index (κ1) is 28.2. The van der Waals surface area contributed by atoms with E-state index in [9.17, 15) is 0 Å². The zero-order chi connectivity index (χ0) is 33.5. The van der Waals surface area contributed by atoms with Crippen LogP contribution in [0.3, 0.4) is 0 Å². The Balaban J connectivity index is 1.29. The lowest BCUT2D eigenvalue weighted by molar-refractivity contribution is 0.668. The van der Waals surface area contributed by atoms with E-state index in [-0.39, 0.29) is 0 Å². The first-order valence-electron chi connectivity index (χ1n) is 16.9. The molecule has 0 spiro atoms. The third-order valence-electron chi connectivity index (χ3n) is 9.84. The molecule has 0 N–H and O–H groups in total. The van der Waals surface area contributed by atoms with Crippen LogP contribution in [0.25, 0.3) is 104 Å². The van der Waals surface area contributed by atoms with E-state index >= 15 is 0 Å². The molecule has 0 saturated carbocycles. The van der Waals surface area contributed by atoms with E-state index in [1.165, 1.54) is 36.5 Å². The molecule has 0 bridgehead atoms. The van der Waals surface area contributed by atoms with Gasteiger partial charge in [0.15, 0.2) is 17.5 Å². The fourth-order valence-corrected chi connectivity index (χ4v) is 8.72. The van der Waals surface area contributed by atoms with Crippen LogP contribution < -0.4 is 0 Å². The Bertz CT molecular complexity index is 3080. The molecule has 11 aromatic rings. The van der Waals surface area contributed by atoms with E-state index < -0.39 is 0 Å². The molecule has 0 saturated heterocycles. The zero-order valence-electron chi connectivity index (χ0n) is 27.1. The molecule has 0 aliphatic carbocycles. The molecule has 5 nitrogen and oxygen atoms in total. The van der Waals surface area contributed by atoms with Crippen LogP contribution in [0.15, 0.2) is 162 Å². The number of hydrogen-bond donors (Lipinski definition) is 0. The van der Waals surface area contributed by atoms with E-state index in [1.807, 2.05) is 84.1 Å². The molecule has 0 radical (unpaired) electrons. The molecule has 7 aromatic carbocycles. The van der Waals surface area contributed by atoms with E-state index in [2.05, 4.69) is 89.5 Å². The predicted molar refractivity (Wildman–Crippen MR) is 211 cm³/mol. The minimum Gasteiger partial charge on any atom is -0.456 e. The van der Waals surface area contributed by atoms with E-state index in [4.69, 9.17) is 19.4 Å². The Morgan fingerprint density at radius 2 is 1.08 bits per heavy atom. The summed E-state index contributed by atoms with van der Waals surface area (Å²) in [6.45, 7) is 0. The van der Waals surface area contributed by atoms with Crippen molar-refractivity contribution in [3.05, 3.63) is 158 Å². The monoisotopic (exact) mass is 670 g/mol. The maximum atomic E-state index is 6.67. The van der Waals surface area contributed by atoms with Crippen molar-refractivity contribution >= 4 is 75.3 Å². The number of aromatic nitrogens is 4. The Kier molecular flexibility index (Phi) is 6.05. The van der Waals surface area contributed by atoms with E-state index in [0.717, 1.165) is 49.8 Å². The smallest absolute Gasteiger partial charge is 0.164 e. The fraction of sp³-hybridized carbons (Fsp3) is 0. The maximum Gasteiger partial charge on any atom is 0.164 e. The molecule has 238 valence electrons. The average molecular weight is 671 g/mol. The van der Waals surface area contributed by atoms with Gasteiger partial charge in [0.1, 0.15) is 11.2 Å². The van der Waals surface area contributed by atoms with Crippen molar-refractivity contribution in [2.24, 2.45) is 0 Å². The van der Waals surface area contributed by atoms with Gasteiger partial charge in [0.25, 0.3) is 0 Å². The van der Waals surface area contributed by atoms with Gasteiger partial charge < -0.3 is 8.98 Å². The van der Waals surface area contributed by atoms with Gasteiger partial charge in [-0.25, -0.2) is 15.0 Å². The van der Waals surface area contributed by atoms with Gasteiger partial charge in [-0.2, -0.15) is 0 Å². The van der Waals surface area contributed by atoms with Crippen LogP contribution in [0.4, 0.5) is 0 Å². The highest BCUT2D eigenvalue weighted by atomic mass is 32.1. The maximum absolute atomic E-state index is 6.67. The number of benzene rings is 7. The zero-order valence-corrected chi connectivity index (χ0v) is 27.9. The molecule has 0 fully saturated rings. The summed E-state index contributed by atoms with van der Waals surface area (Å²) >= 11 is 1.84. The number of fused-ring (bicyclic) bond motifs is 10. The summed E-state index contributed by atoms with van der Waals surface area (Å²) in [6.07, 6.45) is 0. The van der Waals surface area contributed by atoms with Gasteiger partial charge in [0, 0.05) is 64.5 Å². The van der Waals surface area contributed by atoms with Crippen LogP contribution in [0.1, 0.15) is 0 Å². The van der Waals surface area contributed by atoms with Crippen molar-refractivity contribution in [3.63, 3.8) is 0 Å². The van der Waals surface area contributed by atoms with Gasteiger partial charge in [-0.3, -0.25) is 0 Å². The summed E-state index contributed by atoms with van der Waals surface area (Å²) in [5, 5.41) is 6.93. The molecule has 0 aliphatic heterocycles. The van der Waals surface area contributed by atoms with Crippen molar-refractivity contribution < 1.29 is 4.42 Å². The standard InChI is InChI=1S/C45H26N4OS/c1-3-13-27(14-4-1)43-46-44(28-15-5-2-6-16-28)48-45(47-43)34-25-29(26-37-40(34)32-18-8-11-21-36(32)50-37)49-35-20-10-7-17-30(35)31-23-24-39-41(42(31)49)33-19-9-12-22-38(33)51-39/h1-26H. The van der Waals surface area contributed by atoms with Crippen molar-refractivity contribution in [2.75, 3.05) is 0 Å². The number of thiophene rings is 1. The summed E-state index contributed by atoms with van der Waals surface area (Å²) in [5.41, 5.74) is 7.63. The molecular formula is C45H26N4OS. The average Bonchev–Trinajstić information content (AvgIpc) is 3.87. The van der Waals surface area contributed by atoms with Crippen LogP contribution in [0.5, 0.6) is 0 Å². The molecule has 0 unspecified atom stereocenters. The highest BCUT2D eigenvalue weighted by molar-refractivity contribution is 7.26. The first-order valence-corrected chi connectivity index (χ1v) is 17.8. The number of para-hydroxylation sites is 2. The normalized spacial score (nSPS) is 11.9. The van der Waals surface area contributed by atoms with Crippen LogP contribution >= 0.6 is 11.3 Å². The molecule has 4 aromatic heterocycles. The van der Waals surface area contributed by atoms with Crippen LogP contribution in [-0.4, -0.2) is 19.5 Å². The number of hydrogen-bond acceptors (Lipinski definition) is 5. The molecule has 0 amide bonds. The predicted octanol–water partition coefficient (Wildman–Crippen LogP) is 12.2. The third kappa shape index (κ3) is 4.30. The molecular weight excluding hydrogens is 645 g/mol. The second-order valence-electron chi connectivity index (χ2n) is 12.8. The van der Waals surface area contributed by atoms with E-state index in [0.29, 0.717) is 17.5 Å². The highest BCUT2D eigenvalue weighted by Gasteiger charge is 2.23. The second kappa shape index (κ2) is 10.9. The third-order valence-corrected chi connectivity index (χ3v) is 11.0. The van der Waals surface area contributed by atoms with Gasteiger partial charge in [-0.15, -0.1) is 11.3 Å². The van der Waals surface area contributed by atoms with Gasteiger partial charge in [0.2, 0.25) is 0 Å². The highest BCUT2D eigenvalue weighted by Crippen LogP contribution is 2.45. The molecule has 11 rings (SSSR count). The largest absolute Gasteiger partial charge is 0.456 e. The van der Waals surface area contributed by atoms with Gasteiger partial charge in [-0.05, 0) is 30.3 Å². The Labute approximate surface area is 295 Å². The van der Waals surface area contributed by atoms with Crippen molar-refractivity contribution in [1.82, 2.24) is 19.5 Å². The van der Waals surface area contributed by atoms with E-state index in [1.54, 1.807) is 0 Å². The number of nitrogens with zero attached hydrogens (tertiary/aromatic N) is 4. The summed E-state index contributed by atoms with van der Waals surface area (Å²) in [4.78, 5) is 15.4. The van der Waals surface area contributed by atoms with Crippen molar-refractivity contribution in [3.8, 4) is 39.9 Å². The summed E-state index contributed by atoms with van der Waals surface area (Å²) in [7, 11) is 0. The van der Waals surface area contributed by atoms with Crippen molar-refractivity contribution in [1.29, 1.82) is 0 Å². The van der Waals surface area contributed by atoms with Crippen LogP contribution in [0, 0.1) is 0 Å². The summed E-state index contributed by atoms with van der Waals surface area (Å²) in [6, 6.07) is 54.8. The minimum absolute atomic E-state index is 0.591. The minimum atomic E-state index is 0.591. The molecule has 51 heavy (non-hydrogen) atoms. The Morgan fingerprint density at radius 3 is 1.84 bits per heavy atom. The van der Waals surface area contributed by atoms with Gasteiger partial charge in [-0.1, -0.05) is 121 Å². The lowest BCUT2D eigenvalue weighted by Crippen LogP contribution is -2.01. The number of furan rings is 1. The molecule has 4 heterocycles. The summed E-state index contributed by atoms with van der Waals surface area (Å²) in [5.74, 6) is 1.83. The Morgan fingerprint density at radius 1 is 0.451 bits per heavy atom. The van der Waals surface area contributed by atoms with Gasteiger partial charge in [0.05, 0.1) is 16.7 Å². The SMILES string of the molecule is c1ccc(-c2nc(-c3ccccc3)nc(-c3cc(-n4c5ccccc5c5ccc6sc7ccccc7c6c54)cc4oc5ccccc5c34)n2)cc1. The lowest BCUT2D eigenvalue weighted by Gasteiger charge is -2.13. The van der Waals surface area contributed by atoms with Crippen LogP contribution in [-0.2, 0) is 0 Å². The quantitative estimate of drug-likeness (QED) is 0.187. The summed E-state index contributed by atoms with van der Waals surface area (Å²) < 4.78 is 11.6. The van der Waals surface area contributed by atoms with Crippen LogP contribution in [0.2, 0.25) is 0 Å². The fourth-order valence-electron chi connectivity index (χ4n) is 7.61. The van der Waals surface area contributed by atoms with Crippen molar-refractivity contribution in [2.45, 2.75) is 0 Å². The van der Waals surface area contributed by atoms with Gasteiger partial charge >= 0.3 is 0 Å².